The molecule has 3 rings (SSSR count). The number of pyridine rings is 1. The molecule has 6 nitrogen and oxygen atoms in total. The van der Waals surface area contributed by atoms with Gasteiger partial charge in [-0.3, -0.25) is 4.72 Å². The molecule has 1 N–H and O–H groups in total. The van der Waals surface area contributed by atoms with Crippen LogP contribution < -0.4 is 9.62 Å². The van der Waals surface area contributed by atoms with Crippen molar-refractivity contribution < 1.29 is 8.42 Å². The Morgan fingerprint density at radius 1 is 1.04 bits per heavy atom. The smallest absolute Gasteiger partial charge is 0.234 e. The van der Waals surface area contributed by atoms with Crippen molar-refractivity contribution in [2.24, 2.45) is 0 Å². The van der Waals surface area contributed by atoms with Crippen LogP contribution in [0.4, 0.5) is 11.5 Å². The summed E-state index contributed by atoms with van der Waals surface area (Å²) in [5, 5.41) is 0. The van der Waals surface area contributed by atoms with Gasteiger partial charge in [0.05, 0.1) is 17.6 Å². The Morgan fingerprint density at radius 2 is 1.76 bits per heavy atom. The predicted octanol–water partition coefficient (Wildman–Crippen LogP) is 1.82. The lowest BCUT2D eigenvalue weighted by Gasteiger charge is -2.33. The highest BCUT2D eigenvalue weighted by molar-refractivity contribution is 7.92. The number of nitrogens with one attached hydrogen (secondary N) is 1. The number of likely N-dealkylation sites (N-methyl/N-ethyl adjacent to an activating group) is 1. The molecule has 1 aliphatic rings. The summed E-state index contributed by atoms with van der Waals surface area (Å²) in [5.41, 5.74) is 2.03. The molecule has 1 fully saturated rings. The fraction of sp³-hybridized carbons (Fsp3) is 0.389. The van der Waals surface area contributed by atoms with Crippen molar-refractivity contribution >= 4 is 21.5 Å². The van der Waals surface area contributed by atoms with Crippen LogP contribution in [0.5, 0.6) is 0 Å². The Balaban J connectivity index is 1.57. The molecule has 1 aromatic heterocycles. The van der Waals surface area contributed by atoms with E-state index in [0.717, 1.165) is 37.4 Å². The molecule has 0 atom stereocenters. The van der Waals surface area contributed by atoms with E-state index < -0.39 is 10.0 Å². The second-order valence-electron chi connectivity index (χ2n) is 6.35. The molecule has 0 bridgehead atoms. The number of benzene rings is 1. The highest BCUT2D eigenvalue weighted by atomic mass is 32.2. The molecule has 0 spiro atoms. The quantitative estimate of drug-likeness (QED) is 0.851. The fourth-order valence-corrected chi connectivity index (χ4v) is 3.85. The van der Waals surface area contributed by atoms with Gasteiger partial charge in [0.25, 0.3) is 0 Å². The molecule has 0 amide bonds. The average Bonchev–Trinajstić information content (AvgIpc) is 2.62. The van der Waals surface area contributed by atoms with E-state index in [1.54, 1.807) is 12.3 Å². The number of aryl methyl sites for hydroxylation is 1. The maximum absolute atomic E-state index is 12.2. The van der Waals surface area contributed by atoms with Gasteiger partial charge in [0.15, 0.2) is 0 Å². The van der Waals surface area contributed by atoms with Gasteiger partial charge < -0.3 is 9.80 Å². The van der Waals surface area contributed by atoms with Gasteiger partial charge in [0.1, 0.15) is 5.82 Å². The zero-order chi connectivity index (χ0) is 17.7. The number of hydrogen-bond donors (Lipinski definition) is 1. The van der Waals surface area contributed by atoms with E-state index in [4.69, 9.17) is 0 Å². The molecule has 1 aliphatic heterocycles. The number of hydrogen-bond acceptors (Lipinski definition) is 5. The molecule has 0 radical (unpaired) electrons. The van der Waals surface area contributed by atoms with Crippen LogP contribution in [-0.2, 0) is 16.4 Å². The van der Waals surface area contributed by atoms with Crippen LogP contribution in [0.25, 0.3) is 0 Å². The van der Waals surface area contributed by atoms with E-state index >= 15 is 0 Å². The van der Waals surface area contributed by atoms with Crippen LogP contribution in [0, 0.1) is 0 Å². The van der Waals surface area contributed by atoms with Crippen molar-refractivity contribution in [2.75, 3.05) is 48.6 Å². The number of anilines is 2. The first-order chi connectivity index (χ1) is 12.0. The predicted molar refractivity (Wildman–Crippen MR) is 102 cm³/mol. The van der Waals surface area contributed by atoms with Crippen molar-refractivity contribution in [3.63, 3.8) is 0 Å². The summed E-state index contributed by atoms with van der Waals surface area (Å²) in [4.78, 5) is 8.82. The molecule has 2 heterocycles. The molecular weight excluding hydrogens is 336 g/mol. The standard InChI is InChI=1S/C18H24N4O2S/c1-21-10-12-22(13-11-21)17-7-8-18(19-15-17)20-25(23,24)14-9-16-5-3-2-4-6-16/h2-8,15H,9-14H2,1H3,(H,19,20). The largest absolute Gasteiger partial charge is 0.368 e. The SMILES string of the molecule is CN1CCN(c2ccc(NS(=O)(=O)CCc3ccccc3)nc2)CC1. The van der Waals surface area contributed by atoms with Gasteiger partial charge in [0.2, 0.25) is 10.0 Å². The maximum Gasteiger partial charge on any atom is 0.234 e. The van der Waals surface area contributed by atoms with Gasteiger partial charge in [-0.15, -0.1) is 0 Å². The molecule has 1 aromatic carbocycles. The average molecular weight is 360 g/mol. The lowest BCUT2D eigenvalue weighted by Crippen LogP contribution is -2.44. The van der Waals surface area contributed by atoms with Crippen molar-refractivity contribution in [2.45, 2.75) is 6.42 Å². The first kappa shape index (κ1) is 17.7. The Morgan fingerprint density at radius 3 is 2.40 bits per heavy atom. The van der Waals surface area contributed by atoms with Crippen LogP contribution in [0.2, 0.25) is 0 Å². The molecule has 0 unspecified atom stereocenters. The second-order valence-corrected chi connectivity index (χ2v) is 8.19. The van der Waals surface area contributed by atoms with Crippen molar-refractivity contribution in [1.82, 2.24) is 9.88 Å². The summed E-state index contributed by atoms with van der Waals surface area (Å²) in [7, 11) is -1.30. The minimum Gasteiger partial charge on any atom is -0.368 e. The van der Waals surface area contributed by atoms with Crippen LogP contribution in [-0.4, -0.2) is 57.3 Å². The zero-order valence-corrected chi connectivity index (χ0v) is 15.2. The summed E-state index contributed by atoms with van der Waals surface area (Å²) in [6, 6.07) is 13.3. The summed E-state index contributed by atoms with van der Waals surface area (Å²) < 4.78 is 27.0. The summed E-state index contributed by atoms with van der Waals surface area (Å²) >= 11 is 0. The molecule has 2 aromatic rings. The van der Waals surface area contributed by atoms with Gasteiger partial charge in [0, 0.05) is 26.2 Å². The van der Waals surface area contributed by atoms with Crippen LogP contribution in [0.15, 0.2) is 48.7 Å². The lowest BCUT2D eigenvalue weighted by atomic mass is 10.2. The summed E-state index contributed by atoms with van der Waals surface area (Å²) in [5.74, 6) is 0.407. The van der Waals surface area contributed by atoms with E-state index in [1.807, 2.05) is 36.4 Å². The Kier molecular flexibility index (Phi) is 5.55. The number of rotatable bonds is 6. The first-order valence-corrected chi connectivity index (χ1v) is 10.1. The minimum atomic E-state index is -3.41. The third-order valence-corrected chi connectivity index (χ3v) is 5.64. The summed E-state index contributed by atoms with van der Waals surface area (Å²) in [6.45, 7) is 3.96. The van der Waals surface area contributed by atoms with Crippen LogP contribution >= 0.6 is 0 Å². The number of aromatic nitrogens is 1. The molecule has 1 saturated heterocycles. The van der Waals surface area contributed by atoms with E-state index in [-0.39, 0.29) is 5.75 Å². The molecule has 0 aliphatic carbocycles. The summed E-state index contributed by atoms with van der Waals surface area (Å²) in [6.07, 6.45) is 2.22. The maximum atomic E-state index is 12.2. The van der Waals surface area contributed by atoms with Crippen molar-refractivity contribution in [1.29, 1.82) is 0 Å². The van der Waals surface area contributed by atoms with Crippen molar-refractivity contribution in [3.05, 3.63) is 54.2 Å². The molecule has 25 heavy (non-hydrogen) atoms. The highest BCUT2D eigenvalue weighted by Gasteiger charge is 2.15. The van der Waals surface area contributed by atoms with E-state index in [2.05, 4.69) is 26.6 Å². The topological polar surface area (TPSA) is 65.5 Å². The second kappa shape index (κ2) is 7.84. The van der Waals surface area contributed by atoms with Gasteiger partial charge in [-0.05, 0) is 31.2 Å². The van der Waals surface area contributed by atoms with Crippen LogP contribution in [0.1, 0.15) is 5.56 Å². The van der Waals surface area contributed by atoms with Crippen molar-refractivity contribution in [3.8, 4) is 0 Å². The third kappa shape index (κ3) is 5.17. The number of piperazine rings is 1. The van der Waals surface area contributed by atoms with E-state index in [1.165, 1.54) is 0 Å². The number of nitrogens with zero attached hydrogens (tertiary/aromatic N) is 3. The first-order valence-electron chi connectivity index (χ1n) is 8.46. The van der Waals surface area contributed by atoms with E-state index in [0.29, 0.717) is 12.2 Å². The van der Waals surface area contributed by atoms with Gasteiger partial charge in [-0.1, -0.05) is 30.3 Å². The van der Waals surface area contributed by atoms with Gasteiger partial charge in [-0.2, -0.15) is 0 Å². The Hall–Kier alpha value is -2.12. The highest BCUT2D eigenvalue weighted by Crippen LogP contribution is 2.17. The minimum absolute atomic E-state index is 0.0406. The zero-order valence-electron chi connectivity index (χ0n) is 14.4. The normalized spacial score (nSPS) is 16.0. The molecule has 0 saturated carbocycles. The fourth-order valence-electron chi connectivity index (χ4n) is 2.81. The molecular formula is C18H24N4O2S. The Labute approximate surface area is 149 Å². The lowest BCUT2D eigenvalue weighted by molar-refractivity contribution is 0.313. The molecule has 134 valence electrons. The van der Waals surface area contributed by atoms with Gasteiger partial charge >= 0.3 is 0 Å². The number of sulfonamides is 1. The monoisotopic (exact) mass is 360 g/mol. The molecule has 7 heteroatoms. The Bertz CT molecular complexity index is 770. The van der Waals surface area contributed by atoms with Gasteiger partial charge in [-0.25, -0.2) is 13.4 Å². The van der Waals surface area contributed by atoms with Crippen LogP contribution in [0.3, 0.4) is 0 Å². The van der Waals surface area contributed by atoms with E-state index in [9.17, 15) is 8.42 Å². The third-order valence-electron chi connectivity index (χ3n) is 4.38.